The Bertz CT molecular complexity index is 1270. The van der Waals surface area contributed by atoms with Crippen LogP contribution in [0.25, 0.3) is 11.0 Å². The Morgan fingerprint density at radius 3 is 2.72 bits per heavy atom. The van der Waals surface area contributed by atoms with Crippen LogP contribution in [0, 0.1) is 6.92 Å². The number of fused-ring (bicyclic) bond motifs is 1. The number of amides is 1. The van der Waals surface area contributed by atoms with Crippen LogP contribution in [0.4, 0.5) is 11.4 Å². The van der Waals surface area contributed by atoms with Crippen molar-refractivity contribution in [2.45, 2.75) is 36.5 Å². The second-order valence-electron chi connectivity index (χ2n) is 7.62. The van der Waals surface area contributed by atoms with Gasteiger partial charge in [0.2, 0.25) is 0 Å². The Balaban J connectivity index is 1.67. The second-order valence-corrected chi connectivity index (χ2v) is 8.73. The molecule has 4 rings (SSSR count). The number of anilines is 2. The van der Waals surface area contributed by atoms with Gasteiger partial charge in [-0.25, -0.2) is 9.97 Å². The minimum absolute atomic E-state index is 0.0899. The largest absolute Gasteiger partial charge is 0.355 e. The fourth-order valence-corrected chi connectivity index (χ4v) is 4.46. The zero-order valence-corrected chi connectivity index (χ0v) is 19.3. The summed E-state index contributed by atoms with van der Waals surface area (Å²) in [5.41, 5.74) is 5.60. The Hall–Kier alpha value is -3.38. The first-order chi connectivity index (χ1) is 15.6. The van der Waals surface area contributed by atoms with E-state index in [-0.39, 0.29) is 5.91 Å². The molecule has 0 saturated carbocycles. The number of aryl methyl sites for hydroxylation is 2. The molecule has 5 nitrogen and oxygen atoms in total. The molecule has 0 aliphatic heterocycles. The van der Waals surface area contributed by atoms with Crippen LogP contribution in [0.1, 0.15) is 35.0 Å². The third-order valence-corrected chi connectivity index (χ3v) is 6.19. The first-order valence-electron chi connectivity index (χ1n) is 10.7. The number of aromatic nitrogens is 2. The van der Waals surface area contributed by atoms with E-state index < -0.39 is 0 Å². The lowest BCUT2D eigenvalue weighted by Gasteiger charge is -2.15. The van der Waals surface area contributed by atoms with Crippen molar-refractivity contribution < 1.29 is 4.79 Å². The number of nitrogens with zero attached hydrogens (tertiary/aromatic N) is 2. The number of carbonyl (C=O) groups is 1. The van der Waals surface area contributed by atoms with Gasteiger partial charge >= 0.3 is 0 Å². The molecule has 4 aromatic rings. The van der Waals surface area contributed by atoms with Gasteiger partial charge in [-0.15, -0.1) is 0 Å². The SMILES string of the molecule is CCCc1ccc2c(Nc3cc(C)ccc3Sc3cccc(C(=O)NC)c3)ccnc2n1. The molecule has 0 bridgehead atoms. The van der Waals surface area contributed by atoms with E-state index in [0.717, 1.165) is 56.3 Å². The summed E-state index contributed by atoms with van der Waals surface area (Å²) >= 11 is 1.62. The van der Waals surface area contributed by atoms with Crippen molar-refractivity contribution in [3.05, 3.63) is 83.7 Å². The number of pyridine rings is 2. The Morgan fingerprint density at radius 1 is 1.03 bits per heavy atom. The maximum Gasteiger partial charge on any atom is 0.251 e. The van der Waals surface area contributed by atoms with Crippen LogP contribution in [0.15, 0.2) is 76.7 Å². The molecule has 6 heteroatoms. The van der Waals surface area contributed by atoms with E-state index in [1.165, 1.54) is 0 Å². The average molecular weight is 443 g/mol. The number of hydrogen-bond acceptors (Lipinski definition) is 5. The summed E-state index contributed by atoms with van der Waals surface area (Å²) in [5, 5.41) is 7.27. The van der Waals surface area contributed by atoms with Crippen molar-refractivity contribution >= 4 is 40.1 Å². The van der Waals surface area contributed by atoms with Gasteiger partial charge in [-0.05, 0) is 67.4 Å². The highest BCUT2D eigenvalue weighted by atomic mass is 32.2. The molecule has 0 unspecified atom stereocenters. The smallest absolute Gasteiger partial charge is 0.251 e. The highest BCUT2D eigenvalue weighted by molar-refractivity contribution is 7.99. The number of benzene rings is 2. The lowest BCUT2D eigenvalue weighted by atomic mass is 10.1. The maximum absolute atomic E-state index is 12.0. The van der Waals surface area contributed by atoms with Gasteiger partial charge in [0.15, 0.2) is 5.65 Å². The summed E-state index contributed by atoms with van der Waals surface area (Å²) in [6.45, 7) is 4.23. The molecule has 0 aliphatic rings. The van der Waals surface area contributed by atoms with Crippen molar-refractivity contribution in [3.63, 3.8) is 0 Å². The van der Waals surface area contributed by atoms with Crippen molar-refractivity contribution in [1.82, 2.24) is 15.3 Å². The van der Waals surface area contributed by atoms with Crippen LogP contribution in [-0.2, 0) is 6.42 Å². The summed E-state index contributed by atoms with van der Waals surface area (Å²) in [6, 6.07) is 20.1. The molecule has 0 saturated heterocycles. The quantitative estimate of drug-likeness (QED) is 0.360. The third-order valence-electron chi connectivity index (χ3n) is 5.12. The fraction of sp³-hybridized carbons (Fsp3) is 0.192. The monoisotopic (exact) mass is 442 g/mol. The maximum atomic E-state index is 12.0. The van der Waals surface area contributed by atoms with Gasteiger partial charge in [0.05, 0.1) is 11.4 Å². The molecule has 0 fully saturated rings. The van der Waals surface area contributed by atoms with E-state index in [9.17, 15) is 4.79 Å². The van der Waals surface area contributed by atoms with Gasteiger partial charge in [-0.3, -0.25) is 4.79 Å². The average Bonchev–Trinajstić information content (AvgIpc) is 2.81. The van der Waals surface area contributed by atoms with Crippen molar-refractivity contribution in [2.24, 2.45) is 0 Å². The summed E-state index contributed by atoms with van der Waals surface area (Å²) in [4.78, 5) is 23.3. The summed E-state index contributed by atoms with van der Waals surface area (Å²) in [7, 11) is 1.64. The van der Waals surface area contributed by atoms with Crippen LogP contribution in [0.3, 0.4) is 0 Å². The van der Waals surface area contributed by atoms with Gasteiger partial charge < -0.3 is 10.6 Å². The molecule has 162 valence electrons. The van der Waals surface area contributed by atoms with E-state index in [1.54, 1.807) is 25.0 Å². The molecule has 0 radical (unpaired) electrons. The molecular formula is C26H26N4OS. The van der Waals surface area contributed by atoms with Gasteiger partial charge in [0.25, 0.3) is 5.91 Å². The van der Waals surface area contributed by atoms with Gasteiger partial charge in [-0.2, -0.15) is 0 Å². The van der Waals surface area contributed by atoms with E-state index in [2.05, 4.69) is 59.8 Å². The molecule has 32 heavy (non-hydrogen) atoms. The van der Waals surface area contributed by atoms with Crippen LogP contribution in [0.5, 0.6) is 0 Å². The molecule has 0 aliphatic carbocycles. The normalized spacial score (nSPS) is 10.8. The lowest BCUT2D eigenvalue weighted by molar-refractivity contribution is 0.0963. The predicted octanol–water partition coefficient (Wildman–Crippen LogP) is 6.15. The molecule has 2 heterocycles. The van der Waals surface area contributed by atoms with Crippen LogP contribution in [-0.4, -0.2) is 22.9 Å². The zero-order valence-electron chi connectivity index (χ0n) is 18.5. The zero-order chi connectivity index (χ0) is 22.5. The molecular weight excluding hydrogens is 416 g/mol. The Labute approximate surface area is 192 Å². The van der Waals surface area contributed by atoms with E-state index in [0.29, 0.717) is 5.56 Å². The minimum atomic E-state index is -0.0899. The molecule has 0 spiro atoms. The summed E-state index contributed by atoms with van der Waals surface area (Å²) < 4.78 is 0. The van der Waals surface area contributed by atoms with Crippen molar-refractivity contribution in [2.75, 3.05) is 12.4 Å². The van der Waals surface area contributed by atoms with Gasteiger partial charge in [0.1, 0.15) is 0 Å². The first kappa shape index (κ1) is 21.8. The second kappa shape index (κ2) is 9.83. The molecule has 0 atom stereocenters. The fourth-order valence-electron chi connectivity index (χ4n) is 3.52. The molecule has 1 amide bonds. The summed E-state index contributed by atoms with van der Waals surface area (Å²) in [5.74, 6) is -0.0899. The minimum Gasteiger partial charge on any atom is -0.355 e. The molecule has 2 aromatic carbocycles. The van der Waals surface area contributed by atoms with E-state index >= 15 is 0 Å². The van der Waals surface area contributed by atoms with Gasteiger partial charge in [0, 0.05) is 39.7 Å². The standard InChI is InChI=1S/C26H26N4OS/c1-4-6-19-10-11-21-22(13-14-28-25(21)29-19)30-23-15-17(2)9-12-24(23)32-20-8-5-7-18(16-20)26(31)27-3/h5,7-16H,4,6H2,1-3H3,(H,27,31)(H,28,29,30). The van der Waals surface area contributed by atoms with Crippen LogP contribution in [0.2, 0.25) is 0 Å². The van der Waals surface area contributed by atoms with E-state index in [4.69, 9.17) is 4.98 Å². The Kier molecular flexibility index (Phi) is 6.71. The number of hydrogen-bond donors (Lipinski definition) is 2. The topological polar surface area (TPSA) is 66.9 Å². The third kappa shape index (κ3) is 4.92. The van der Waals surface area contributed by atoms with Crippen LogP contribution >= 0.6 is 11.8 Å². The molecule has 2 N–H and O–H groups in total. The van der Waals surface area contributed by atoms with Crippen LogP contribution < -0.4 is 10.6 Å². The predicted molar refractivity (Wildman–Crippen MR) is 132 cm³/mol. The first-order valence-corrected chi connectivity index (χ1v) is 11.5. The van der Waals surface area contributed by atoms with Gasteiger partial charge in [-0.1, -0.05) is 37.2 Å². The highest BCUT2D eigenvalue weighted by Gasteiger charge is 2.11. The van der Waals surface area contributed by atoms with E-state index in [1.807, 2.05) is 30.3 Å². The highest BCUT2D eigenvalue weighted by Crippen LogP contribution is 2.37. The Morgan fingerprint density at radius 2 is 1.91 bits per heavy atom. The number of rotatable bonds is 7. The van der Waals surface area contributed by atoms with Crippen molar-refractivity contribution in [3.8, 4) is 0 Å². The lowest BCUT2D eigenvalue weighted by Crippen LogP contribution is -2.17. The summed E-state index contributed by atoms with van der Waals surface area (Å²) in [6.07, 6.45) is 3.80. The molecule has 2 aromatic heterocycles. The number of carbonyl (C=O) groups excluding carboxylic acids is 1. The number of nitrogens with one attached hydrogen (secondary N) is 2. The van der Waals surface area contributed by atoms with Crippen molar-refractivity contribution in [1.29, 1.82) is 0 Å².